The number of hydrogen-bond acceptors (Lipinski definition) is 6. The Kier molecular flexibility index (Phi) is 4.57. The van der Waals surface area contributed by atoms with Crippen LogP contribution in [0.1, 0.15) is 31.4 Å². The van der Waals surface area contributed by atoms with Crippen LogP contribution >= 0.6 is 22.9 Å². The summed E-state index contributed by atoms with van der Waals surface area (Å²) in [6.45, 7) is 1.48. The Morgan fingerprint density at radius 2 is 2.12 bits per heavy atom. The fourth-order valence-corrected chi connectivity index (χ4v) is 3.85. The Balaban J connectivity index is 1.65. The molecule has 6 nitrogen and oxygen atoms in total. The van der Waals surface area contributed by atoms with Crippen molar-refractivity contribution in [2.24, 2.45) is 0 Å². The van der Waals surface area contributed by atoms with Gasteiger partial charge in [-0.05, 0) is 37.1 Å². The number of rotatable bonds is 5. The summed E-state index contributed by atoms with van der Waals surface area (Å²) in [6, 6.07) is 9.25. The molecule has 4 rings (SSSR count). The van der Waals surface area contributed by atoms with Crippen LogP contribution in [0, 0.1) is 0 Å². The van der Waals surface area contributed by atoms with Crippen molar-refractivity contribution in [3.63, 3.8) is 0 Å². The average molecular weight is 386 g/mol. The van der Waals surface area contributed by atoms with Gasteiger partial charge in [0.05, 0.1) is 16.3 Å². The van der Waals surface area contributed by atoms with Crippen molar-refractivity contribution < 1.29 is 4.79 Å². The number of aromatic nitrogens is 3. The van der Waals surface area contributed by atoms with Gasteiger partial charge in [0.1, 0.15) is 0 Å². The van der Waals surface area contributed by atoms with Crippen molar-refractivity contribution in [2.75, 3.05) is 10.6 Å². The summed E-state index contributed by atoms with van der Waals surface area (Å²) in [5.41, 5.74) is 2.62. The maximum Gasteiger partial charge on any atom is 0.227 e. The van der Waals surface area contributed by atoms with Gasteiger partial charge in [0.2, 0.25) is 11.9 Å². The maximum absolute atomic E-state index is 11.3. The molecule has 1 saturated carbocycles. The first-order valence-corrected chi connectivity index (χ1v) is 9.42. The van der Waals surface area contributed by atoms with Crippen LogP contribution in [0.25, 0.3) is 10.6 Å². The lowest BCUT2D eigenvalue weighted by atomic mass is 10.2. The Morgan fingerprint density at radius 3 is 2.85 bits per heavy atom. The van der Waals surface area contributed by atoms with Crippen LogP contribution in [0.2, 0.25) is 5.02 Å². The number of anilines is 3. The molecule has 3 aromatic rings. The molecule has 2 heterocycles. The minimum absolute atomic E-state index is 0.126. The minimum atomic E-state index is -0.126. The molecule has 0 spiro atoms. The van der Waals surface area contributed by atoms with Crippen molar-refractivity contribution >= 4 is 45.6 Å². The number of benzene rings is 1. The quantitative estimate of drug-likeness (QED) is 0.657. The molecule has 0 atom stereocenters. The Morgan fingerprint density at radius 1 is 1.27 bits per heavy atom. The number of carbonyl (C=O) groups is 1. The fraction of sp³-hybridized carbons (Fsp3) is 0.222. The summed E-state index contributed by atoms with van der Waals surface area (Å²) in [5, 5.41) is 7.19. The number of amides is 1. The van der Waals surface area contributed by atoms with E-state index in [2.05, 4.69) is 25.6 Å². The van der Waals surface area contributed by atoms with Crippen LogP contribution in [0.3, 0.4) is 0 Å². The van der Waals surface area contributed by atoms with Crippen LogP contribution in [-0.4, -0.2) is 20.9 Å². The van der Waals surface area contributed by atoms with Crippen molar-refractivity contribution in [2.45, 2.75) is 25.7 Å². The molecule has 1 aliphatic carbocycles. The highest BCUT2D eigenvalue weighted by Gasteiger charge is 2.31. The molecule has 132 valence electrons. The number of carbonyl (C=O) groups excluding carboxylic acids is 1. The van der Waals surface area contributed by atoms with Gasteiger partial charge < -0.3 is 10.6 Å². The lowest BCUT2D eigenvalue weighted by Crippen LogP contribution is -2.05. The summed E-state index contributed by atoms with van der Waals surface area (Å²) in [6.07, 6.45) is 3.95. The smallest absolute Gasteiger partial charge is 0.227 e. The summed E-state index contributed by atoms with van der Waals surface area (Å²) in [4.78, 5) is 25.8. The molecule has 1 fully saturated rings. The summed E-state index contributed by atoms with van der Waals surface area (Å²) in [5.74, 6) is 0.808. The zero-order chi connectivity index (χ0) is 18.1. The second-order valence-electron chi connectivity index (χ2n) is 6.09. The van der Waals surface area contributed by atoms with Crippen molar-refractivity contribution in [1.29, 1.82) is 0 Å². The Hall–Kier alpha value is -2.51. The van der Waals surface area contributed by atoms with Gasteiger partial charge in [-0.2, -0.15) is 0 Å². The molecular formula is C18H16ClN5OS. The molecular weight excluding hydrogens is 370 g/mol. The van der Waals surface area contributed by atoms with Crippen molar-refractivity contribution in [3.05, 3.63) is 47.2 Å². The summed E-state index contributed by atoms with van der Waals surface area (Å²) >= 11 is 7.47. The predicted octanol–water partition coefficient (Wildman–Crippen LogP) is 4.83. The topological polar surface area (TPSA) is 79.8 Å². The van der Waals surface area contributed by atoms with E-state index >= 15 is 0 Å². The van der Waals surface area contributed by atoms with Crippen LogP contribution < -0.4 is 10.6 Å². The normalized spacial score (nSPS) is 13.5. The lowest BCUT2D eigenvalue weighted by molar-refractivity contribution is -0.114. The molecule has 1 aromatic carbocycles. The summed E-state index contributed by atoms with van der Waals surface area (Å²) < 4.78 is 0. The molecule has 1 amide bonds. The van der Waals surface area contributed by atoms with E-state index in [0.717, 1.165) is 34.8 Å². The van der Waals surface area contributed by atoms with Crippen molar-refractivity contribution in [1.82, 2.24) is 15.0 Å². The van der Waals surface area contributed by atoms with Gasteiger partial charge in [0.15, 0.2) is 5.13 Å². The molecule has 0 saturated heterocycles. The molecule has 8 heteroatoms. The van der Waals surface area contributed by atoms with E-state index < -0.39 is 0 Å². The number of nitrogens with one attached hydrogen (secondary N) is 2. The molecule has 2 N–H and O–H groups in total. The number of halogens is 1. The van der Waals surface area contributed by atoms with E-state index in [1.807, 2.05) is 30.3 Å². The zero-order valence-electron chi connectivity index (χ0n) is 14.0. The van der Waals surface area contributed by atoms with Crippen LogP contribution in [0.15, 0.2) is 36.5 Å². The Labute approximate surface area is 159 Å². The standard InChI is InChI=1S/C18H16ClN5OS/c1-10(25)21-18-24-15(11-5-6-11)16(26-18)14-7-8-20-17(23-14)22-13-4-2-3-12(19)9-13/h2-4,7-9,11H,5-6H2,1H3,(H,20,22,23)(H,21,24,25). The van der Waals surface area contributed by atoms with E-state index in [9.17, 15) is 4.79 Å². The maximum atomic E-state index is 11.3. The monoisotopic (exact) mass is 385 g/mol. The first kappa shape index (κ1) is 16.9. The van der Waals surface area contributed by atoms with Crippen LogP contribution in [0.4, 0.5) is 16.8 Å². The van der Waals surface area contributed by atoms with Gasteiger partial charge >= 0.3 is 0 Å². The molecule has 26 heavy (non-hydrogen) atoms. The minimum Gasteiger partial charge on any atom is -0.324 e. The van der Waals surface area contributed by atoms with Gasteiger partial charge in [-0.25, -0.2) is 15.0 Å². The SMILES string of the molecule is CC(=O)Nc1nc(C2CC2)c(-c2ccnc(Nc3cccc(Cl)c3)n2)s1. The lowest BCUT2D eigenvalue weighted by Gasteiger charge is -2.06. The van der Waals surface area contributed by atoms with E-state index in [1.165, 1.54) is 18.3 Å². The highest BCUT2D eigenvalue weighted by molar-refractivity contribution is 7.19. The highest BCUT2D eigenvalue weighted by Crippen LogP contribution is 2.46. The van der Waals surface area contributed by atoms with E-state index in [4.69, 9.17) is 11.6 Å². The molecule has 2 aromatic heterocycles. The van der Waals surface area contributed by atoms with Gasteiger partial charge in [0.25, 0.3) is 0 Å². The van der Waals surface area contributed by atoms with E-state index in [0.29, 0.717) is 22.0 Å². The predicted molar refractivity (Wildman–Crippen MR) is 104 cm³/mol. The second kappa shape index (κ2) is 7.01. The second-order valence-corrected chi connectivity index (χ2v) is 7.53. The van der Waals surface area contributed by atoms with Crippen molar-refractivity contribution in [3.8, 4) is 10.6 Å². The number of thiazole rings is 1. The number of nitrogens with zero attached hydrogens (tertiary/aromatic N) is 3. The average Bonchev–Trinajstić information content (AvgIpc) is 3.36. The highest BCUT2D eigenvalue weighted by atomic mass is 35.5. The molecule has 0 radical (unpaired) electrons. The van der Waals surface area contributed by atoms with Gasteiger partial charge in [-0.1, -0.05) is 29.0 Å². The molecule has 0 unspecified atom stereocenters. The van der Waals surface area contributed by atoms with Gasteiger partial charge in [0, 0.05) is 29.7 Å². The van der Waals surface area contributed by atoms with E-state index in [1.54, 1.807) is 6.20 Å². The summed E-state index contributed by atoms with van der Waals surface area (Å²) in [7, 11) is 0. The van der Waals surface area contributed by atoms with Gasteiger partial charge in [-0.15, -0.1) is 0 Å². The van der Waals surface area contributed by atoms with E-state index in [-0.39, 0.29) is 5.91 Å². The van der Waals surface area contributed by atoms with Crippen LogP contribution in [0.5, 0.6) is 0 Å². The van der Waals surface area contributed by atoms with Crippen LogP contribution in [-0.2, 0) is 4.79 Å². The first-order valence-electron chi connectivity index (χ1n) is 8.23. The van der Waals surface area contributed by atoms with Gasteiger partial charge in [-0.3, -0.25) is 4.79 Å². The molecule has 0 aliphatic heterocycles. The zero-order valence-corrected chi connectivity index (χ0v) is 15.6. The largest absolute Gasteiger partial charge is 0.324 e. The fourth-order valence-electron chi connectivity index (χ4n) is 2.59. The third-order valence-corrected chi connectivity index (χ3v) is 5.11. The third kappa shape index (κ3) is 3.84. The molecule has 1 aliphatic rings. The third-order valence-electron chi connectivity index (χ3n) is 3.87. The Bertz CT molecular complexity index is 970. The number of hydrogen-bond donors (Lipinski definition) is 2. The molecule has 0 bridgehead atoms. The first-order chi connectivity index (χ1) is 12.6.